The van der Waals surface area contributed by atoms with Crippen LogP contribution in [0.2, 0.25) is 0 Å². The summed E-state index contributed by atoms with van der Waals surface area (Å²) >= 11 is 0. The monoisotopic (exact) mass is 428 g/mol. The number of halogens is 4. The van der Waals surface area contributed by atoms with Crippen LogP contribution in [0.3, 0.4) is 0 Å². The van der Waals surface area contributed by atoms with Crippen LogP contribution < -0.4 is 0 Å². The first kappa shape index (κ1) is 21.9. The zero-order valence-electron chi connectivity index (χ0n) is 17.8. The third kappa shape index (κ3) is 4.63. The van der Waals surface area contributed by atoms with Crippen molar-refractivity contribution in [3.05, 3.63) is 82.7 Å². The summed E-state index contributed by atoms with van der Waals surface area (Å²) < 4.78 is 53.3. The van der Waals surface area contributed by atoms with Crippen LogP contribution in [-0.4, -0.2) is 0 Å². The van der Waals surface area contributed by atoms with Crippen LogP contribution in [0.15, 0.2) is 54.6 Å². The molecule has 0 amide bonds. The second kappa shape index (κ2) is 9.02. The van der Waals surface area contributed by atoms with Gasteiger partial charge >= 0.3 is 6.18 Å². The van der Waals surface area contributed by atoms with E-state index in [0.29, 0.717) is 5.92 Å². The van der Waals surface area contributed by atoms with Gasteiger partial charge in [0.05, 0.1) is 5.56 Å². The van der Waals surface area contributed by atoms with Crippen molar-refractivity contribution in [2.45, 2.75) is 64.0 Å². The zero-order chi connectivity index (χ0) is 22.0. The molecule has 0 saturated carbocycles. The van der Waals surface area contributed by atoms with Gasteiger partial charge < -0.3 is 0 Å². The van der Waals surface area contributed by atoms with Gasteiger partial charge in [0, 0.05) is 5.92 Å². The molecule has 0 heterocycles. The number of hydrogen-bond acceptors (Lipinski definition) is 0. The van der Waals surface area contributed by atoms with Gasteiger partial charge in [-0.25, -0.2) is 4.39 Å². The molecular weight excluding hydrogens is 400 g/mol. The molecule has 0 N–H and O–H groups in total. The van der Waals surface area contributed by atoms with Gasteiger partial charge in [-0.1, -0.05) is 62.9 Å². The highest BCUT2D eigenvalue weighted by molar-refractivity contribution is 5.87. The standard InChI is InChI=1S/C27H28F4/c1-2-3-4-5-6-19-11-15-23-24(16-10-18-9-14-22(28)17-25(18)23)26(19)20-7-12-21(13-8-20)27(29,30)31/h7-10,12-14,16-17,19,26H,2-6,11,15H2,1H3/t19-,26-/m1/s1. The van der Waals surface area contributed by atoms with Crippen molar-refractivity contribution >= 4 is 10.8 Å². The molecule has 0 bridgehead atoms. The number of rotatable bonds is 6. The molecule has 3 aromatic carbocycles. The number of alkyl halides is 3. The van der Waals surface area contributed by atoms with Crippen molar-refractivity contribution in [3.63, 3.8) is 0 Å². The van der Waals surface area contributed by atoms with Gasteiger partial charge in [-0.2, -0.15) is 13.2 Å². The fraction of sp³-hybridized carbons (Fsp3) is 0.407. The molecule has 0 nitrogen and oxygen atoms in total. The van der Waals surface area contributed by atoms with E-state index in [9.17, 15) is 17.6 Å². The van der Waals surface area contributed by atoms with E-state index in [4.69, 9.17) is 0 Å². The van der Waals surface area contributed by atoms with Gasteiger partial charge in [-0.05, 0) is 76.9 Å². The van der Waals surface area contributed by atoms with Crippen molar-refractivity contribution in [2.24, 2.45) is 5.92 Å². The summed E-state index contributed by atoms with van der Waals surface area (Å²) in [5.41, 5.74) is 2.59. The van der Waals surface area contributed by atoms with Crippen LogP contribution in [0, 0.1) is 11.7 Å². The Morgan fingerprint density at radius 2 is 1.65 bits per heavy atom. The van der Waals surface area contributed by atoms with Gasteiger partial charge in [0.15, 0.2) is 0 Å². The van der Waals surface area contributed by atoms with Crippen LogP contribution in [0.4, 0.5) is 17.6 Å². The Labute approximate surface area is 181 Å². The van der Waals surface area contributed by atoms with Crippen LogP contribution in [-0.2, 0) is 12.6 Å². The number of benzene rings is 3. The van der Waals surface area contributed by atoms with E-state index in [1.54, 1.807) is 24.3 Å². The van der Waals surface area contributed by atoms with Gasteiger partial charge in [-0.15, -0.1) is 0 Å². The molecule has 3 aromatic rings. The molecule has 0 aliphatic heterocycles. The van der Waals surface area contributed by atoms with Gasteiger partial charge in [0.2, 0.25) is 0 Å². The van der Waals surface area contributed by atoms with E-state index >= 15 is 0 Å². The lowest BCUT2D eigenvalue weighted by Gasteiger charge is -2.35. The number of aryl methyl sites for hydroxylation is 1. The molecule has 31 heavy (non-hydrogen) atoms. The van der Waals surface area contributed by atoms with Crippen LogP contribution in [0.25, 0.3) is 10.8 Å². The first-order chi connectivity index (χ1) is 14.9. The van der Waals surface area contributed by atoms with E-state index in [-0.39, 0.29) is 11.7 Å². The largest absolute Gasteiger partial charge is 0.416 e. The van der Waals surface area contributed by atoms with E-state index in [2.05, 4.69) is 13.0 Å². The number of hydrogen-bond donors (Lipinski definition) is 0. The van der Waals surface area contributed by atoms with E-state index < -0.39 is 11.7 Å². The van der Waals surface area contributed by atoms with Crippen LogP contribution >= 0.6 is 0 Å². The molecule has 0 aromatic heterocycles. The molecule has 4 rings (SSSR count). The Bertz CT molecular complexity index is 1030. The highest BCUT2D eigenvalue weighted by Crippen LogP contribution is 2.45. The van der Waals surface area contributed by atoms with Crippen LogP contribution in [0.1, 0.15) is 73.6 Å². The summed E-state index contributed by atoms with van der Waals surface area (Å²) in [5.74, 6) is 0.168. The van der Waals surface area contributed by atoms with Crippen molar-refractivity contribution < 1.29 is 17.6 Å². The molecule has 0 saturated heterocycles. The van der Waals surface area contributed by atoms with Crippen LogP contribution in [0.5, 0.6) is 0 Å². The third-order valence-electron chi connectivity index (χ3n) is 6.73. The van der Waals surface area contributed by atoms with Crippen molar-refractivity contribution in [1.29, 1.82) is 0 Å². The van der Waals surface area contributed by atoms with E-state index in [1.807, 2.05) is 6.07 Å². The predicted octanol–water partition coefficient (Wildman–Crippen LogP) is 8.66. The maximum atomic E-state index is 14.0. The fourth-order valence-corrected chi connectivity index (χ4v) is 5.17. The lowest BCUT2D eigenvalue weighted by molar-refractivity contribution is -0.137. The summed E-state index contributed by atoms with van der Waals surface area (Å²) in [6, 6.07) is 14.7. The van der Waals surface area contributed by atoms with Gasteiger partial charge in [0.1, 0.15) is 5.82 Å². The lowest BCUT2D eigenvalue weighted by atomic mass is 9.69. The molecule has 4 heteroatoms. The lowest BCUT2D eigenvalue weighted by Crippen LogP contribution is -2.22. The average Bonchev–Trinajstić information content (AvgIpc) is 2.75. The second-order valence-electron chi connectivity index (χ2n) is 8.74. The smallest absolute Gasteiger partial charge is 0.207 e. The highest BCUT2D eigenvalue weighted by atomic mass is 19.4. The molecule has 0 unspecified atom stereocenters. The highest BCUT2D eigenvalue weighted by Gasteiger charge is 2.33. The maximum Gasteiger partial charge on any atom is 0.416 e. The molecule has 0 fully saturated rings. The van der Waals surface area contributed by atoms with Gasteiger partial charge in [0.25, 0.3) is 0 Å². The van der Waals surface area contributed by atoms with Crippen molar-refractivity contribution in [3.8, 4) is 0 Å². The molecule has 2 atom stereocenters. The normalized spacial score (nSPS) is 18.9. The van der Waals surface area contributed by atoms with E-state index in [1.165, 1.54) is 37.5 Å². The Morgan fingerprint density at radius 1 is 0.903 bits per heavy atom. The third-order valence-corrected chi connectivity index (χ3v) is 6.73. The number of fused-ring (bicyclic) bond motifs is 3. The molecular formula is C27H28F4. The summed E-state index contributed by atoms with van der Waals surface area (Å²) in [6.07, 6.45) is 3.27. The summed E-state index contributed by atoms with van der Waals surface area (Å²) in [7, 11) is 0. The molecule has 1 aliphatic carbocycles. The molecule has 0 radical (unpaired) electrons. The van der Waals surface area contributed by atoms with Gasteiger partial charge in [-0.3, -0.25) is 0 Å². The first-order valence-electron chi connectivity index (χ1n) is 11.3. The quantitative estimate of drug-likeness (QED) is 0.272. The topological polar surface area (TPSA) is 0 Å². The second-order valence-corrected chi connectivity index (χ2v) is 8.74. The Hall–Kier alpha value is -2.36. The molecule has 1 aliphatic rings. The summed E-state index contributed by atoms with van der Waals surface area (Å²) in [4.78, 5) is 0. The first-order valence-corrected chi connectivity index (χ1v) is 11.3. The van der Waals surface area contributed by atoms with Crippen molar-refractivity contribution in [2.75, 3.05) is 0 Å². The minimum absolute atomic E-state index is 0.0420. The zero-order valence-corrected chi connectivity index (χ0v) is 17.8. The van der Waals surface area contributed by atoms with Crippen molar-refractivity contribution in [1.82, 2.24) is 0 Å². The molecule has 0 spiro atoms. The SMILES string of the molecule is CCCCCC[C@@H]1CCc2c(ccc3ccc(F)cc23)[C@H]1c1ccc(C(F)(F)F)cc1. The Balaban J connectivity index is 1.75. The fourth-order valence-electron chi connectivity index (χ4n) is 5.17. The Morgan fingerprint density at radius 3 is 2.35 bits per heavy atom. The predicted molar refractivity (Wildman–Crippen MR) is 118 cm³/mol. The maximum absolute atomic E-state index is 14.0. The van der Waals surface area contributed by atoms with E-state index in [0.717, 1.165) is 53.1 Å². The number of unbranched alkanes of at least 4 members (excludes halogenated alkanes) is 3. The minimum Gasteiger partial charge on any atom is -0.207 e. The molecule has 164 valence electrons. The summed E-state index contributed by atoms with van der Waals surface area (Å²) in [5, 5.41) is 1.94. The summed E-state index contributed by atoms with van der Waals surface area (Å²) in [6.45, 7) is 2.19. The average molecular weight is 429 g/mol. The Kier molecular flexibility index (Phi) is 6.36. The minimum atomic E-state index is -4.34.